The van der Waals surface area contributed by atoms with Crippen LogP contribution in [0.5, 0.6) is 5.88 Å². The van der Waals surface area contributed by atoms with E-state index in [1.807, 2.05) is 57.4 Å². The van der Waals surface area contributed by atoms with Crippen LogP contribution in [0.25, 0.3) is 11.1 Å². The number of nitrogens with zero attached hydrogens (tertiary/aromatic N) is 3. The van der Waals surface area contributed by atoms with Crippen LogP contribution in [-0.2, 0) is 0 Å². The number of carbonyl (C=O) groups is 1. The quantitative estimate of drug-likeness (QED) is 0.860. The van der Waals surface area contributed by atoms with Crippen LogP contribution < -0.4 is 4.74 Å². The van der Waals surface area contributed by atoms with Crippen LogP contribution in [0.3, 0.4) is 0 Å². The molecule has 1 aromatic carbocycles. The number of hydrogen-bond donors (Lipinski definition) is 1. The lowest BCUT2D eigenvalue weighted by molar-refractivity contribution is 0.0348. The van der Waals surface area contributed by atoms with Gasteiger partial charge < -0.3 is 19.6 Å². The van der Waals surface area contributed by atoms with E-state index in [-0.39, 0.29) is 30.6 Å². The number of aromatic nitrogens is 1. The Kier molecular flexibility index (Phi) is 6.31. The molecule has 1 N–H and O–H groups in total. The van der Waals surface area contributed by atoms with Crippen molar-refractivity contribution in [3.8, 4) is 17.0 Å². The maximum absolute atomic E-state index is 13.3. The Morgan fingerprint density at radius 1 is 1.29 bits per heavy atom. The number of likely N-dealkylation sites (N-methyl/N-ethyl adjacent to an activating group) is 1. The maximum Gasteiger partial charge on any atom is 0.259 e. The van der Waals surface area contributed by atoms with Gasteiger partial charge >= 0.3 is 0 Å². The molecule has 0 spiro atoms. The lowest BCUT2D eigenvalue weighted by atomic mass is 9.99. The molecule has 150 valence electrons. The van der Waals surface area contributed by atoms with Crippen molar-refractivity contribution in [3.63, 3.8) is 0 Å². The van der Waals surface area contributed by atoms with E-state index in [4.69, 9.17) is 4.74 Å². The molecule has 2 heterocycles. The molecule has 1 aromatic heterocycles. The second kappa shape index (κ2) is 8.71. The topological polar surface area (TPSA) is 65.9 Å². The summed E-state index contributed by atoms with van der Waals surface area (Å²) in [5.74, 6) is 0.305. The van der Waals surface area contributed by atoms with Crippen molar-refractivity contribution < 1.29 is 14.6 Å². The number of aliphatic hydroxyl groups excluding tert-OH is 1. The van der Waals surface area contributed by atoms with Gasteiger partial charge in [-0.25, -0.2) is 4.98 Å². The second-order valence-electron chi connectivity index (χ2n) is 7.83. The van der Waals surface area contributed by atoms with Crippen molar-refractivity contribution in [3.05, 3.63) is 48.2 Å². The number of aliphatic hydroxyl groups is 1. The first-order chi connectivity index (χ1) is 13.4. The number of pyridine rings is 1. The van der Waals surface area contributed by atoms with Crippen molar-refractivity contribution in [2.45, 2.75) is 26.0 Å². The monoisotopic (exact) mass is 383 g/mol. The highest BCUT2D eigenvalue weighted by Gasteiger charge is 2.33. The first-order valence-electron chi connectivity index (χ1n) is 9.69. The van der Waals surface area contributed by atoms with Crippen molar-refractivity contribution in [1.82, 2.24) is 14.8 Å². The van der Waals surface area contributed by atoms with Gasteiger partial charge in [0.05, 0.1) is 12.6 Å². The van der Waals surface area contributed by atoms with Gasteiger partial charge in [-0.2, -0.15) is 0 Å². The summed E-state index contributed by atoms with van der Waals surface area (Å²) < 4.78 is 6.22. The lowest BCUT2D eigenvalue weighted by Crippen LogP contribution is -2.49. The Hall–Kier alpha value is -2.44. The Morgan fingerprint density at radius 3 is 2.64 bits per heavy atom. The van der Waals surface area contributed by atoms with Gasteiger partial charge in [0.1, 0.15) is 11.7 Å². The van der Waals surface area contributed by atoms with Crippen molar-refractivity contribution in [1.29, 1.82) is 0 Å². The third-order valence-electron chi connectivity index (χ3n) is 5.17. The molecule has 0 unspecified atom stereocenters. The average Bonchev–Trinajstić information content (AvgIpc) is 2.70. The van der Waals surface area contributed by atoms with Gasteiger partial charge in [0.2, 0.25) is 5.88 Å². The molecule has 1 aliphatic heterocycles. The van der Waals surface area contributed by atoms with Crippen LogP contribution in [-0.4, -0.2) is 71.7 Å². The molecule has 0 radical (unpaired) electrons. The summed E-state index contributed by atoms with van der Waals surface area (Å²) in [5, 5.41) is 9.70. The maximum atomic E-state index is 13.3. The van der Waals surface area contributed by atoms with E-state index in [0.717, 1.165) is 17.7 Å². The smallest absolute Gasteiger partial charge is 0.259 e. The van der Waals surface area contributed by atoms with Gasteiger partial charge in [0, 0.05) is 30.8 Å². The number of hydrogen-bond acceptors (Lipinski definition) is 5. The standard InChI is InChI=1S/C22H29N3O3/c1-15-12-25(16(2)14-26)22(27)19-10-18(17-8-6-5-7-9-17)11-23-21(19)28-20(15)13-24(3)4/h5-11,15-16,20,26H,12-14H2,1-4H3/t15-,16-,20-/m0/s1. The fourth-order valence-electron chi connectivity index (χ4n) is 3.47. The molecular weight excluding hydrogens is 354 g/mol. The summed E-state index contributed by atoms with van der Waals surface area (Å²) in [7, 11) is 4.00. The number of ether oxygens (including phenoxy) is 1. The molecule has 0 aliphatic carbocycles. The van der Waals surface area contributed by atoms with Crippen LogP contribution in [0.15, 0.2) is 42.6 Å². The summed E-state index contributed by atoms with van der Waals surface area (Å²) in [4.78, 5) is 21.7. The van der Waals surface area contributed by atoms with Crippen molar-refractivity contribution in [2.24, 2.45) is 5.92 Å². The second-order valence-corrected chi connectivity index (χ2v) is 7.83. The van der Waals surface area contributed by atoms with E-state index in [1.54, 1.807) is 11.1 Å². The molecule has 28 heavy (non-hydrogen) atoms. The number of amides is 1. The van der Waals surface area contributed by atoms with Crippen LogP contribution in [0.1, 0.15) is 24.2 Å². The largest absolute Gasteiger partial charge is 0.472 e. The van der Waals surface area contributed by atoms with E-state index >= 15 is 0 Å². The average molecular weight is 383 g/mol. The molecule has 6 heteroatoms. The summed E-state index contributed by atoms with van der Waals surface area (Å²) in [5.41, 5.74) is 2.30. The zero-order valence-electron chi connectivity index (χ0n) is 17.0. The molecule has 6 nitrogen and oxygen atoms in total. The summed E-state index contributed by atoms with van der Waals surface area (Å²) in [6, 6.07) is 11.4. The fourth-order valence-corrected chi connectivity index (χ4v) is 3.47. The molecule has 1 aliphatic rings. The van der Waals surface area contributed by atoms with E-state index in [9.17, 15) is 9.90 Å². The van der Waals surface area contributed by atoms with Crippen molar-refractivity contribution in [2.75, 3.05) is 33.8 Å². The number of fused-ring (bicyclic) bond motifs is 1. The third-order valence-corrected chi connectivity index (χ3v) is 5.17. The molecule has 3 atom stereocenters. The van der Waals surface area contributed by atoms with E-state index in [2.05, 4.69) is 16.8 Å². The Morgan fingerprint density at radius 2 is 2.00 bits per heavy atom. The van der Waals surface area contributed by atoms with Gasteiger partial charge in [-0.1, -0.05) is 37.3 Å². The summed E-state index contributed by atoms with van der Waals surface area (Å²) >= 11 is 0. The molecule has 0 saturated carbocycles. The first kappa shape index (κ1) is 20.3. The Bertz CT molecular complexity index is 810. The van der Waals surface area contributed by atoms with Gasteiger partial charge in [0.15, 0.2) is 0 Å². The lowest BCUT2D eigenvalue weighted by Gasteiger charge is -2.37. The van der Waals surface area contributed by atoms with Crippen LogP contribution in [0, 0.1) is 5.92 Å². The Balaban J connectivity index is 2.06. The van der Waals surface area contributed by atoms with Crippen LogP contribution in [0.4, 0.5) is 0 Å². The highest BCUT2D eigenvalue weighted by molar-refractivity contribution is 5.98. The van der Waals surface area contributed by atoms with E-state index < -0.39 is 0 Å². The van der Waals surface area contributed by atoms with E-state index in [1.165, 1.54) is 0 Å². The molecule has 1 amide bonds. The highest BCUT2D eigenvalue weighted by Crippen LogP contribution is 2.30. The highest BCUT2D eigenvalue weighted by atomic mass is 16.5. The molecule has 0 fully saturated rings. The van der Waals surface area contributed by atoms with Gasteiger partial charge in [-0.15, -0.1) is 0 Å². The zero-order valence-corrected chi connectivity index (χ0v) is 17.0. The molecule has 0 saturated heterocycles. The van der Waals surface area contributed by atoms with E-state index in [0.29, 0.717) is 18.0 Å². The minimum atomic E-state index is -0.277. The van der Waals surface area contributed by atoms with Gasteiger partial charge in [-0.05, 0) is 32.6 Å². The molecule has 0 bridgehead atoms. The predicted octanol–water partition coefficient (Wildman–Crippen LogP) is 2.53. The minimum absolute atomic E-state index is 0.0845. The van der Waals surface area contributed by atoms with Crippen LogP contribution in [0.2, 0.25) is 0 Å². The Labute approximate surface area is 166 Å². The third kappa shape index (κ3) is 4.34. The number of benzene rings is 1. The van der Waals surface area contributed by atoms with Gasteiger partial charge in [-0.3, -0.25) is 4.79 Å². The SMILES string of the molecule is C[C@H]1CN([C@@H](C)CO)C(=O)c2cc(-c3ccccc3)cnc2O[C@H]1CN(C)C. The minimum Gasteiger partial charge on any atom is -0.472 e. The predicted molar refractivity (Wildman–Crippen MR) is 109 cm³/mol. The van der Waals surface area contributed by atoms with Crippen LogP contribution >= 0.6 is 0 Å². The molecule has 3 rings (SSSR count). The fraction of sp³-hybridized carbons (Fsp3) is 0.455. The number of rotatable bonds is 5. The number of carbonyl (C=O) groups excluding carboxylic acids is 1. The summed E-state index contributed by atoms with van der Waals surface area (Å²) in [6.07, 6.45) is 1.64. The summed E-state index contributed by atoms with van der Waals surface area (Å²) in [6.45, 7) is 5.09. The zero-order chi connectivity index (χ0) is 20.3. The molecule has 2 aromatic rings. The normalized spacial score (nSPS) is 20.9. The first-order valence-corrected chi connectivity index (χ1v) is 9.69. The molecular formula is C22H29N3O3. The van der Waals surface area contributed by atoms with Gasteiger partial charge in [0.25, 0.3) is 5.91 Å². The van der Waals surface area contributed by atoms with Crippen molar-refractivity contribution >= 4 is 5.91 Å².